The van der Waals surface area contributed by atoms with Crippen molar-refractivity contribution in [3.05, 3.63) is 41.0 Å². The molecule has 0 N–H and O–H groups in total. The van der Waals surface area contributed by atoms with Crippen molar-refractivity contribution in [1.82, 2.24) is 0 Å². The lowest BCUT2D eigenvalue weighted by Gasteiger charge is -2.12. The van der Waals surface area contributed by atoms with E-state index < -0.39 is 0 Å². The molecule has 0 atom stereocenters. The van der Waals surface area contributed by atoms with Crippen LogP contribution in [0.15, 0.2) is 29.8 Å². The summed E-state index contributed by atoms with van der Waals surface area (Å²) in [6, 6.07) is 5.68. The van der Waals surface area contributed by atoms with Gasteiger partial charge in [0, 0.05) is 5.56 Å². The number of allylic oxidation sites excluding steroid dienone is 2. The number of carbonyl (C=O) groups is 1. The Morgan fingerprint density at radius 1 is 1.16 bits per heavy atom. The lowest BCUT2D eigenvalue weighted by Crippen LogP contribution is -2.06. The van der Waals surface area contributed by atoms with Crippen LogP contribution in [0.4, 0.5) is 0 Å². The van der Waals surface area contributed by atoms with E-state index in [1.165, 1.54) is 19.3 Å². The minimum atomic E-state index is 0.188. The highest BCUT2D eigenvalue weighted by molar-refractivity contribution is 6.08. The number of hydrogen-bond acceptors (Lipinski definition) is 2. The molecule has 2 nitrogen and oxygen atoms in total. The predicted octanol–water partition coefficient (Wildman–Crippen LogP) is 4.47. The highest BCUT2D eigenvalue weighted by atomic mass is 16.5. The summed E-state index contributed by atoms with van der Waals surface area (Å²) in [6.45, 7) is 1.97. The standard InChI is InChI=1S/C17H22O2/c1-13-12-15(10-11-16(13)19-2)17(18)14-8-6-4-3-5-7-9-14/h8,10-12H,3-7,9H2,1-2H3/b14-8+. The third-order valence-electron chi connectivity index (χ3n) is 3.74. The average Bonchev–Trinajstić information content (AvgIpc) is 2.37. The normalized spacial score (nSPS) is 18.9. The van der Waals surface area contributed by atoms with E-state index in [4.69, 9.17) is 4.74 Å². The third-order valence-corrected chi connectivity index (χ3v) is 3.74. The molecule has 0 bridgehead atoms. The second-order valence-electron chi connectivity index (χ2n) is 5.20. The first-order chi connectivity index (χ1) is 9.22. The number of rotatable bonds is 3. The molecule has 0 saturated carbocycles. The summed E-state index contributed by atoms with van der Waals surface area (Å²) in [5.41, 5.74) is 2.79. The number of benzene rings is 1. The van der Waals surface area contributed by atoms with Gasteiger partial charge in [0.2, 0.25) is 0 Å². The maximum Gasteiger partial charge on any atom is 0.188 e. The first kappa shape index (κ1) is 13.9. The largest absolute Gasteiger partial charge is 0.496 e. The monoisotopic (exact) mass is 258 g/mol. The van der Waals surface area contributed by atoms with E-state index in [-0.39, 0.29) is 5.78 Å². The average molecular weight is 258 g/mol. The van der Waals surface area contributed by atoms with Crippen LogP contribution in [0.1, 0.15) is 54.4 Å². The highest BCUT2D eigenvalue weighted by Crippen LogP contribution is 2.24. The summed E-state index contributed by atoms with van der Waals surface area (Å²) in [6.07, 6.45) is 8.97. The molecule has 0 unspecified atom stereocenters. The van der Waals surface area contributed by atoms with Gasteiger partial charge in [-0.3, -0.25) is 4.79 Å². The number of methoxy groups -OCH3 is 1. The molecule has 2 heteroatoms. The zero-order valence-corrected chi connectivity index (χ0v) is 11.9. The minimum absolute atomic E-state index is 0.188. The fourth-order valence-corrected chi connectivity index (χ4v) is 2.60. The van der Waals surface area contributed by atoms with Crippen molar-refractivity contribution in [2.75, 3.05) is 7.11 Å². The smallest absolute Gasteiger partial charge is 0.188 e. The van der Waals surface area contributed by atoms with Crippen LogP contribution in [0, 0.1) is 6.92 Å². The van der Waals surface area contributed by atoms with Gasteiger partial charge in [0.05, 0.1) is 7.11 Å². The lowest BCUT2D eigenvalue weighted by atomic mass is 9.93. The Labute approximate surface area is 115 Å². The first-order valence-electron chi connectivity index (χ1n) is 7.11. The Balaban J connectivity index is 2.20. The predicted molar refractivity (Wildman–Crippen MR) is 77.8 cm³/mol. The maximum atomic E-state index is 12.5. The van der Waals surface area contributed by atoms with Crippen molar-refractivity contribution in [1.29, 1.82) is 0 Å². The summed E-state index contributed by atoms with van der Waals surface area (Å²) in [5, 5.41) is 0. The van der Waals surface area contributed by atoms with Crippen molar-refractivity contribution in [3.63, 3.8) is 0 Å². The van der Waals surface area contributed by atoms with Crippen LogP contribution in [0.3, 0.4) is 0 Å². The summed E-state index contributed by atoms with van der Waals surface area (Å²) >= 11 is 0. The maximum absolute atomic E-state index is 12.5. The fraction of sp³-hybridized carbons (Fsp3) is 0.471. The van der Waals surface area contributed by atoms with Crippen LogP contribution < -0.4 is 4.74 Å². The molecule has 0 amide bonds. The Morgan fingerprint density at radius 3 is 2.68 bits per heavy atom. The molecule has 19 heavy (non-hydrogen) atoms. The van der Waals surface area contributed by atoms with Gasteiger partial charge >= 0.3 is 0 Å². The van der Waals surface area contributed by atoms with Gasteiger partial charge in [-0.05, 0) is 61.9 Å². The molecule has 2 rings (SSSR count). The topological polar surface area (TPSA) is 26.3 Å². The van der Waals surface area contributed by atoms with Crippen molar-refractivity contribution in [3.8, 4) is 5.75 Å². The van der Waals surface area contributed by atoms with Crippen molar-refractivity contribution in [2.24, 2.45) is 0 Å². The van der Waals surface area contributed by atoms with E-state index in [0.29, 0.717) is 0 Å². The van der Waals surface area contributed by atoms with Gasteiger partial charge in [-0.1, -0.05) is 18.9 Å². The third kappa shape index (κ3) is 3.46. The molecule has 102 valence electrons. The highest BCUT2D eigenvalue weighted by Gasteiger charge is 2.14. The second-order valence-corrected chi connectivity index (χ2v) is 5.20. The number of ether oxygens (including phenoxy) is 1. The van der Waals surface area contributed by atoms with Gasteiger partial charge in [-0.25, -0.2) is 0 Å². The van der Waals surface area contributed by atoms with Gasteiger partial charge in [0.25, 0.3) is 0 Å². The minimum Gasteiger partial charge on any atom is -0.496 e. The number of carbonyl (C=O) groups excluding carboxylic acids is 1. The van der Waals surface area contributed by atoms with Crippen LogP contribution in [0.5, 0.6) is 5.75 Å². The molecule has 1 aromatic rings. The first-order valence-corrected chi connectivity index (χ1v) is 7.11. The molecule has 0 saturated heterocycles. The van der Waals surface area contributed by atoms with E-state index in [1.54, 1.807) is 7.11 Å². The summed E-state index contributed by atoms with van der Waals surface area (Å²) < 4.78 is 5.24. The molecule has 0 spiro atoms. The van der Waals surface area contributed by atoms with Gasteiger partial charge < -0.3 is 4.74 Å². The molecular weight excluding hydrogens is 236 g/mol. The Morgan fingerprint density at radius 2 is 1.95 bits per heavy atom. The zero-order valence-electron chi connectivity index (χ0n) is 11.9. The van der Waals surface area contributed by atoms with E-state index in [9.17, 15) is 4.79 Å². The van der Waals surface area contributed by atoms with Gasteiger partial charge in [0.15, 0.2) is 5.78 Å². The number of ketones is 1. The second kappa shape index (κ2) is 6.55. The lowest BCUT2D eigenvalue weighted by molar-refractivity contribution is 0.102. The number of Topliss-reactive ketones (excluding diaryl/α,β-unsaturated/α-hetero) is 1. The molecule has 1 aliphatic rings. The Kier molecular flexibility index (Phi) is 4.78. The van der Waals surface area contributed by atoms with E-state index in [2.05, 4.69) is 6.08 Å². The number of aryl methyl sites for hydroxylation is 1. The van der Waals surface area contributed by atoms with Crippen LogP contribution >= 0.6 is 0 Å². The molecule has 0 radical (unpaired) electrons. The summed E-state index contributed by atoms with van der Waals surface area (Å²) in [4.78, 5) is 12.5. The SMILES string of the molecule is COc1ccc(C(=O)/C2=C/CCCCCC2)cc1C. The molecule has 1 aliphatic carbocycles. The Bertz CT molecular complexity index is 486. The van der Waals surface area contributed by atoms with Crippen LogP contribution in [0.2, 0.25) is 0 Å². The molecule has 1 aromatic carbocycles. The van der Waals surface area contributed by atoms with E-state index >= 15 is 0 Å². The number of hydrogen-bond donors (Lipinski definition) is 0. The van der Waals surface area contributed by atoms with Crippen LogP contribution in [0.25, 0.3) is 0 Å². The van der Waals surface area contributed by atoms with Crippen molar-refractivity contribution < 1.29 is 9.53 Å². The Hall–Kier alpha value is -1.57. The fourth-order valence-electron chi connectivity index (χ4n) is 2.60. The van der Waals surface area contributed by atoms with Gasteiger partial charge in [-0.15, -0.1) is 0 Å². The van der Waals surface area contributed by atoms with E-state index in [1.807, 2.05) is 25.1 Å². The molecule has 0 heterocycles. The van der Waals surface area contributed by atoms with Gasteiger partial charge in [0.1, 0.15) is 5.75 Å². The molecular formula is C17H22O2. The summed E-state index contributed by atoms with van der Waals surface area (Å²) in [7, 11) is 1.65. The van der Waals surface area contributed by atoms with Gasteiger partial charge in [-0.2, -0.15) is 0 Å². The summed E-state index contributed by atoms with van der Waals surface area (Å²) in [5.74, 6) is 1.02. The van der Waals surface area contributed by atoms with Crippen molar-refractivity contribution in [2.45, 2.75) is 45.4 Å². The van der Waals surface area contributed by atoms with E-state index in [0.717, 1.165) is 41.7 Å². The molecule has 0 fully saturated rings. The zero-order chi connectivity index (χ0) is 13.7. The molecule has 0 aliphatic heterocycles. The van der Waals surface area contributed by atoms with Crippen LogP contribution in [-0.4, -0.2) is 12.9 Å². The quantitative estimate of drug-likeness (QED) is 0.748. The van der Waals surface area contributed by atoms with Crippen LogP contribution in [-0.2, 0) is 0 Å². The molecule has 0 aromatic heterocycles. The van der Waals surface area contributed by atoms with Crippen molar-refractivity contribution >= 4 is 5.78 Å².